The molecule has 2 aromatic carbocycles. The molecule has 0 radical (unpaired) electrons. The highest BCUT2D eigenvalue weighted by atomic mass is 16.6. The molecular weight excluding hydrogens is 370 g/mol. The zero-order chi connectivity index (χ0) is 20.7. The van der Waals surface area contributed by atoms with Gasteiger partial charge in [0.1, 0.15) is 0 Å². The number of nitro groups is 1. The van der Waals surface area contributed by atoms with E-state index < -0.39 is 29.4 Å². The van der Waals surface area contributed by atoms with Crippen LogP contribution in [0.15, 0.2) is 42.5 Å². The number of nitrogen functional groups attached to an aromatic ring is 1. The van der Waals surface area contributed by atoms with Crippen LogP contribution in [0.2, 0.25) is 0 Å². The minimum absolute atomic E-state index is 0.0724. The number of nitrogens with zero attached hydrogens (tertiary/aromatic N) is 1. The topological polar surface area (TPSA) is 151 Å². The van der Waals surface area contributed by atoms with E-state index in [1.807, 2.05) is 0 Å². The fourth-order valence-corrected chi connectivity index (χ4v) is 2.19. The molecule has 0 unspecified atom stereocenters. The maximum absolute atomic E-state index is 12.0. The van der Waals surface area contributed by atoms with Crippen LogP contribution >= 0.6 is 0 Å². The summed E-state index contributed by atoms with van der Waals surface area (Å²) in [7, 11) is 1.28. The van der Waals surface area contributed by atoms with Crippen LogP contribution in [0.4, 0.5) is 11.4 Å². The van der Waals surface area contributed by atoms with Gasteiger partial charge in [0.05, 0.1) is 28.8 Å². The monoisotopic (exact) mass is 387 g/mol. The standard InChI is InChI=1S/C18H17N3O7/c1-27-17(23)12-4-2-11(3-5-12)9-20-16(22)10-28-18(24)14-7-6-13(21(25)26)8-15(14)19/h2-8H,9-10,19H2,1H3,(H,20,22). The lowest BCUT2D eigenvalue weighted by Gasteiger charge is -2.08. The highest BCUT2D eigenvalue weighted by molar-refractivity contribution is 5.96. The van der Waals surface area contributed by atoms with Crippen molar-refractivity contribution >= 4 is 29.2 Å². The number of non-ortho nitro benzene ring substituents is 1. The van der Waals surface area contributed by atoms with E-state index >= 15 is 0 Å². The number of nitro benzene ring substituents is 1. The maximum atomic E-state index is 12.0. The van der Waals surface area contributed by atoms with Crippen LogP contribution in [0.1, 0.15) is 26.3 Å². The molecule has 146 valence electrons. The Morgan fingerprint density at radius 2 is 1.79 bits per heavy atom. The maximum Gasteiger partial charge on any atom is 0.340 e. The summed E-state index contributed by atoms with van der Waals surface area (Å²) in [5.41, 5.74) is 6.26. The largest absolute Gasteiger partial charge is 0.465 e. The molecule has 0 aliphatic carbocycles. The number of carbonyl (C=O) groups excluding carboxylic acids is 3. The van der Waals surface area contributed by atoms with Crippen molar-refractivity contribution in [3.05, 3.63) is 69.3 Å². The van der Waals surface area contributed by atoms with E-state index in [1.54, 1.807) is 24.3 Å². The molecule has 0 aromatic heterocycles. The summed E-state index contributed by atoms with van der Waals surface area (Å²) in [5.74, 6) is -1.89. The number of esters is 2. The van der Waals surface area contributed by atoms with E-state index in [9.17, 15) is 24.5 Å². The van der Waals surface area contributed by atoms with Crippen molar-refractivity contribution in [1.82, 2.24) is 5.32 Å². The van der Waals surface area contributed by atoms with Crippen molar-refractivity contribution < 1.29 is 28.8 Å². The number of nitrogens with one attached hydrogen (secondary N) is 1. The highest BCUT2D eigenvalue weighted by Crippen LogP contribution is 2.20. The van der Waals surface area contributed by atoms with Gasteiger partial charge in [0.15, 0.2) is 6.61 Å². The first-order valence-electron chi connectivity index (χ1n) is 7.97. The summed E-state index contributed by atoms with van der Waals surface area (Å²) in [6, 6.07) is 9.73. The second-order valence-electron chi connectivity index (χ2n) is 5.57. The normalized spacial score (nSPS) is 10.0. The Labute approximate surface area is 159 Å². The van der Waals surface area contributed by atoms with Crippen molar-refractivity contribution in [1.29, 1.82) is 0 Å². The van der Waals surface area contributed by atoms with E-state index in [4.69, 9.17) is 10.5 Å². The van der Waals surface area contributed by atoms with Gasteiger partial charge in [-0.2, -0.15) is 0 Å². The Morgan fingerprint density at radius 1 is 1.11 bits per heavy atom. The van der Waals surface area contributed by atoms with Crippen LogP contribution < -0.4 is 11.1 Å². The van der Waals surface area contributed by atoms with Gasteiger partial charge in [0, 0.05) is 18.7 Å². The summed E-state index contributed by atoms with van der Waals surface area (Å²) >= 11 is 0. The second kappa shape index (κ2) is 9.12. The van der Waals surface area contributed by atoms with Crippen LogP contribution in [0.25, 0.3) is 0 Å². The molecule has 0 bridgehead atoms. The molecule has 0 aliphatic heterocycles. The third-order valence-corrected chi connectivity index (χ3v) is 3.66. The van der Waals surface area contributed by atoms with E-state index in [0.717, 1.165) is 23.8 Å². The van der Waals surface area contributed by atoms with E-state index in [-0.39, 0.29) is 23.5 Å². The fraction of sp³-hybridized carbons (Fsp3) is 0.167. The van der Waals surface area contributed by atoms with Gasteiger partial charge in [-0.25, -0.2) is 9.59 Å². The molecule has 0 saturated carbocycles. The molecule has 0 fully saturated rings. The highest BCUT2D eigenvalue weighted by Gasteiger charge is 2.16. The number of carbonyl (C=O) groups is 3. The van der Waals surface area contributed by atoms with Gasteiger partial charge in [-0.15, -0.1) is 0 Å². The first-order chi connectivity index (χ1) is 13.3. The number of rotatable bonds is 7. The summed E-state index contributed by atoms with van der Waals surface area (Å²) in [4.78, 5) is 45.1. The minimum atomic E-state index is -0.870. The number of amides is 1. The Kier molecular flexibility index (Phi) is 6.63. The lowest BCUT2D eigenvalue weighted by Crippen LogP contribution is -2.28. The molecule has 2 aromatic rings. The first-order valence-corrected chi connectivity index (χ1v) is 7.97. The van der Waals surface area contributed by atoms with Crippen molar-refractivity contribution in [3.8, 4) is 0 Å². The Hall–Kier alpha value is -3.95. The molecule has 0 spiro atoms. The van der Waals surface area contributed by atoms with Gasteiger partial charge >= 0.3 is 11.9 Å². The van der Waals surface area contributed by atoms with Crippen LogP contribution in [0, 0.1) is 10.1 Å². The van der Waals surface area contributed by atoms with Gasteiger partial charge in [-0.1, -0.05) is 12.1 Å². The van der Waals surface area contributed by atoms with Gasteiger partial charge in [0.2, 0.25) is 0 Å². The number of anilines is 1. The molecule has 0 heterocycles. The van der Waals surface area contributed by atoms with Crippen molar-refractivity contribution in [2.75, 3.05) is 19.5 Å². The Morgan fingerprint density at radius 3 is 2.36 bits per heavy atom. The number of nitrogens with two attached hydrogens (primary N) is 1. The van der Waals surface area contributed by atoms with Crippen LogP contribution in [-0.2, 0) is 20.8 Å². The molecular formula is C18H17N3O7. The van der Waals surface area contributed by atoms with Crippen LogP contribution in [0.5, 0.6) is 0 Å². The Balaban J connectivity index is 1.84. The third kappa shape index (κ3) is 5.27. The number of methoxy groups -OCH3 is 1. The quantitative estimate of drug-likeness (QED) is 0.313. The summed E-state index contributed by atoms with van der Waals surface area (Å²) < 4.78 is 9.45. The average Bonchev–Trinajstić information content (AvgIpc) is 2.70. The van der Waals surface area contributed by atoms with Gasteiger partial charge < -0.3 is 20.5 Å². The molecule has 0 aliphatic rings. The van der Waals surface area contributed by atoms with E-state index in [2.05, 4.69) is 10.1 Å². The van der Waals surface area contributed by atoms with Gasteiger partial charge in [-0.05, 0) is 23.8 Å². The zero-order valence-electron chi connectivity index (χ0n) is 14.8. The molecule has 10 heteroatoms. The third-order valence-electron chi connectivity index (χ3n) is 3.66. The summed E-state index contributed by atoms with van der Waals surface area (Å²) in [6.07, 6.45) is 0. The van der Waals surface area contributed by atoms with Crippen LogP contribution in [-0.4, -0.2) is 36.5 Å². The number of hydrogen-bond acceptors (Lipinski definition) is 8. The molecule has 3 N–H and O–H groups in total. The second-order valence-corrected chi connectivity index (χ2v) is 5.57. The lowest BCUT2D eigenvalue weighted by atomic mass is 10.1. The SMILES string of the molecule is COC(=O)c1ccc(CNC(=O)COC(=O)c2ccc([N+](=O)[O-])cc2N)cc1. The molecule has 0 saturated heterocycles. The first kappa shape index (κ1) is 20.4. The zero-order valence-corrected chi connectivity index (χ0v) is 14.8. The Bertz CT molecular complexity index is 910. The summed E-state index contributed by atoms with van der Waals surface area (Å²) in [6.45, 7) is -0.382. The van der Waals surface area contributed by atoms with Gasteiger partial charge in [0.25, 0.3) is 11.6 Å². The minimum Gasteiger partial charge on any atom is -0.465 e. The van der Waals surface area contributed by atoms with Crippen molar-refractivity contribution in [3.63, 3.8) is 0 Å². The average molecular weight is 387 g/mol. The van der Waals surface area contributed by atoms with E-state index in [0.29, 0.717) is 5.56 Å². The molecule has 28 heavy (non-hydrogen) atoms. The van der Waals surface area contributed by atoms with Crippen molar-refractivity contribution in [2.24, 2.45) is 0 Å². The number of benzene rings is 2. The number of hydrogen-bond donors (Lipinski definition) is 2. The van der Waals surface area contributed by atoms with Crippen molar-refractivity contribution in [2.45, 2.75) is 6.54 Å². The molecule has 0 atom stereocenters. The predicted molar refractivity (Wildman–Crippen MR) is 97.4 cm³/mol. The fourth-order valence-electron chi connectivity index (χ4n) is 2.19. The smallest absolute Gasteiger partial charge is 0.340 e. The molecule has 1 amide bonds. The molecule has 2 rings (SSSR count). The summed E-state index contributed by atoms with van der Waals surface area (Å²) in [5, 5.41) is 13.2. The van der Waals surface area contributed by atoms with Gasteiger partial charge in [-0.3, -0.25) is 14.9 Å². The molecule has 10 nitrogen and oxygen atoms in total. The van der Waals surface area contributed by atoms with Crippen LogP contribution in [0.3, 0.4) is 0 Å². The predicted octanol–water partition coefficient (Wildman–Crippen LogP) is 1.44. The number of ether oxygens (including phenoxy) is 2. The van der Waals surface area contributed by atoms with E-state index in [1.165, 1.54) is 7.11 Å². The lowest BCUT2D eigenvalue weighted by molar-refractivity contribution is -0.384.